The van der Waals surface area contributed by atoms with Crippen molar-refractivity contribution in [3.63, 3.8) is 0 Å². The van der Waals surface area contributed by atoms with E-state index in [1.54, 1.807) is 6.33 Å². The Morgan fingerprint density at radius 3 is 2.89 bits per heavy atom. The van der Waals surface area contributed by atoms with E-state index in [9.17, 15) is 0 Å². The van der Waals surface area contributed by atoms with Gasteiger partial charge in [0.25, 0.3) is 0 Å². The molecule has 0 amide bonds. The SMILES string of the molecule is CCN(Cc1ncnn1CC)[C@H]1CCOC(C)(C)C1. The van der Waals surface area contributed by atoms with Crippen molar-refractivity contribution in [3.05, 3.63) is 12.2 Å². The van der Waals surface area contributed by atoms with Crippen LogP contribution < -0.4 is 0 Å². The molecule has 1 aromatic heterocycles. The summed E-state index contributed by atoms with van der Waals surface area (Å²) in [6, 6.07) is 0.579. The molecule has 5 nitrogen and oxygen atoms in total. The van der Waals surface area contributed by atoms with Gasteiger partial charge in [0.15, 0.2) is 0 Å². The highest BCUT2D eigenvalue weighted by Crippen LogP contribution is 2.27. The van der Waals surface area contributed by atoms with E-state index in [1.165, 1.54) is 0 Å². The van der Waals surface area contributed by atoms with Crippen LogP contribution in [0, 0.1) is 0 Å². The molecule has 0 aromatic carbocycles. The van der Waals surface area contributed by atoms with Crippen LogP contribution in [0.4, 0.5) is 0 Å². The lowest BCUT2D eigenvalue weighted by molar-refractivity contribution is -0.0842. The van der Waals surface area contributed by atoms with Crippen LogP contribution in [0.25, 0.3) is 0 Å². The molecule has 2 heterocycles. The summed E-state index contributed by atoms with van der Waals surface area (Å²) in [6.07, 6.45) is 3.85. The minimum Gasteiger partial charge on any atom is -0.375 e. The van der Waals surface area contributed by atoms with E-state index in [4.69, 9.17) is 4.74 Å². The van der Waals surface area contributed by atoms with Gasteiger partial charge < -0.3 is 4.74 Å². The lowest BCUT2D eigenvalue weighted by Crippen LogP contribution is -2.46. The highest BCUT2D eigenvalue weighted by Gasteiger charge is 2.32. The first kappa shape index (κ1) is 14.5. The van der Waals surface area contributed by atoms with E-state index in [0.717, 1.165) is 44.9 Å². The number of ether oxygens (including phenoxy) is 1. The average Bonchev–Trinajstić information content (AvgIpc) is 2.81. The summed E-state index contributed by atoms with van der Waals surface area (Å²) in [5, 5.41) is 4.25. The van der Waals surface area contributed by atoms with Gasteiger partial charge in [-0.25, -0.2) is 9.67 Å². The molecule has 1 aliphatic heterocycles. The third-order valence-corrected chi connectivity index (χ3v) is 3.93. The van der Waals surface area contributed by atoms with Gasteiger partial charge in [0.1, 0.15) is 12.2 Å². The predicted molar refractivity (Wildman–Crippen MR) is 74.8 cm³/mol. The van der Waals surface area contributed by atoms with Crippen molar-refractivity contribution < 1.29 is 4.74 Å². The molecule has 1 aliphatic rings. The smallest absolute Gasteiger partial charge is 0.141 e. The molecule has 0 saturated carbocycles. The van der Waals surface area contributed by atoms with Crippen molar-refractivity contribution in [1.29, 1.82) is 0 Å². The van der Waals surface area contributed by atoms with Gasteiger partial charge in [0.2, 0.25) is 0 Å². The molecule has 0 unspecified atom stereocenters. The van der Waals surface area contributed by atoms with Crippen LogP contribution in [0.15, 0.2) is 6.33 Å². The van der Waals surface area contributed by atoms with E-state index in [1.807, 2.05) is 4.68 Å². The van der Waals surface area contributed by atoms with Crippen LogP contribution in [0.3, 0.4) is 0 Å². The lowest BCUT2D eigenvalue weighted by Gasteiger charge is -2.40. The summed E-state index contributed by atoms with van der Waals surface area (Å²) in [7, 11) is 0. The second-order valence-electron chi connectivity index (χ2n) is 5.81. The first-order valence-electron chi connectivity index (χ1n) is 7.30. The molecule has 1 atom stereocenters. The zero-order chi connectivity index (χ0) is 13.9. The standard InChI is InChI=1S/C14H26N4O/c1-5-17(10-13-15-11-16-18(13)6-2)12-7-8-19-14(3,4)9-12/h11-12H,5-10H2,1-4H3/t12-/m0/s1. The fourth-order valence-electron chi connectivity index (χ4n) is 2.87. The topological polar surface area (TPSA) is 43.2 Å². The van der Waals surface area contributed by atoms with Gasteiger partial charge in [-0.05, 0) is 40.2 Å². The van der Waals surface area contributed by atoms with Gasteiger partial charge in [-0.3, -0.25) is 4.90 Å². The number of rotatable bonds is 5. The fraction of sp³-hybridized carbons (Fsp3) is 0.857. The molecule has 0 spiro atoms. The Labute approximate surface area is 116 Å². The molecule has 0 N–H and O–H groups in total. The van der Waals surface area contributed by atoms with Gasteiger partial charge in [0, 0.05) is 19.2 Å². The van der Waals surface area contributed by atoms with Crippen LogP contribution in [0.1, 0.15) is 46.4 Å². The van der Waals surface area contributed by atoms with Gasteiger partial charge in [0.05, 0.1) is 12.1 Å². The molecule has 0 bridgehead atoms. The quantitative estimate of drug-likeness (QED) is 0.818. The number of aromatic nitrogens is 3. The van der Waals surface area contributed by atoms with Crippen molar-refractivity contribution in [2.75, 3.05) is 13.2 Å². The van der Waals surface area contributed by atoms with Crippen LogP contribution in [-0.2, 0) is 17.8 Å². The summed E-state index contributed by atoms with van der Waals surface area (Å²) in [5.41, 5.74) is -0.00519. The zero-order valence-electron chi connectivity index (χ0n) is 12.6. The minimum atomic E-state index is -0.00519. The maximum atomic E-state index is 5.81. The Hall–Kier alpha value is -0.940. The monoisotopic (exact) mass is 266 g/mol. The Bertz CT molecular complexity index is 402. The lowest BCUT2D eigenvalue weighted by atomic mass is 9.93. The molecule has 108 valence electrons. The van der Waals surface area contributed by atoms with Crippen LogP contribution in [-0.4, -0.2) is 44.5 Å². The largest absolute Gasteiger partial charge is 0.375 e. The number of hydrogen-bond donors (Lipinski definition) is 0. The fourth-order valence-corrected chi connectivity index (χ4v) is 2.87. The maximum Gasteiger partial charge on any atom is 0.141 e. The molecular weight excluding hydrogens is 240 g/mol. The van der Waals surface area contributed by atoms with Gasteiger partial charge in [-0.15, -0.1) is 0 Å². The second-order valence-corrected chi connectivity index (χ2v) is 5.81. The average molecular weight is 266 g/mol. The first-order chi connectivity index (χ1) is 9.05. The van der Waals surface area contributed by atoms with Crippen LogP contribution in [0.5, 0.6) is 0 Å². The van der Waals surface area contributed by atoms with Crippen molar-refractivity contribution >= 4 is 0 Å². The Morgan fingerprint density at radius 1 is 1.47 bits per heavy atom. The number of hydrogen-bond acceptors (Lipinski definition) is 4. The zero-order valence-corrected chi connectivity index (χ0v) is 12.6. The van der Waals surface area contributed by atoms with Crippen LogP contribution in [0.2, 0.25) is 0 Å². The second kappa shape index (κ2) is 6.01. The molecule has 0 aliphatic carbocycles. The summed E-state index contributed by atoms with van der Waals surface area (Å²) < 4.78 is 7.79. The summed E-state index contributed by atoms with van der Waals surface area (Å²) in [5.74, 6) is 1.06. The van der Waals surface area contributed by atoms with E-state index in [0.29, 0.717) is 6.04 Å². The Kier molecular flexibility index (Phi) is 4.58. The number of nitrogens with zero attached hydrogens (tertiary/aromatic N) is 4. The van der Waals surface area contributed by atoms with Gasteiger partial charge in [-0.2, -0.15) is 5.10 Å². The minimum absolute atomic E-state index is 0.00519. The summed E-state index contributed by atoms with van der Waals surface area (Å²) in [4.78, 5) is 6.89. The highest BCUT2D eigenvalue weighted by atomic mass is 16.5. The summed E-state index contributed by atoms with van der Waals surface area (Å²) >= 11 is 0. The summed E-state index contributed by atoms with van der Waals surface area (Å²) in [6.45, 7) is 12.3. The van der Waals surface area contributed by atoms with Gasteiger partial charge in [-0.1, -0.05) is 6.92 Å². The third-order valence-electron chi connectivity index (χ3n) is 3.93. The molecule has 1 aromatic rings. The molecule has 1 fully saturated rings. The first-order valence-corrected chi connectivity index (χ1v) is 7.30. The molecule has 1 saturated heterocycles. The predicted octanol–water partition coefficient (Wildman–Crippen LogP) is 2.08. The van der Waals surface area contributed by atoms with E-state index < -0.39 is 0 Å². The molecule has 19 heavy (non-hydrogen) atoms. The number of aryl methyl sites for hydroxylation is 1. The third kappa shape index (κ3) is 3.54. The van der Waals surface area contributed by atoms with E-state index >= 15 is 0 Å². The van der Waals surface area contributed by atoms with Crippen LogP contribution >= 0.6 is 0 Å². The maximum absolute atomic E-state index is 5.81. The normalized spacial score (nSPS) is 22.9. The van der Waals surface area contributed by atoms with Crippen molar-refractivity contribution in [1.82, 2.24) is 19.7 Å². The Balaban J connectivity index is 2.04. The van der Waals surface area contributed by atoms with Crippen molar-refractivity contribution in [3.8, 4) is 0 Å². The molecular formula is C14H26N4O. The van der Waals surface area contributed by atoms with E-state index in [2.05, 4.69) is 42.7 Å². The van der Waals surface area contributed by atoms with E-state index in [-0.39, 0.29) is 5.60 Å². The van der Waals surface area contributed by atoms with Crippen molar-refractivity contribution in [2.45, 2.75) is 65.3 Å². The highest BCUT2D eigenvalue weighted by molar-refractivity contribution is 4.89. The molecule has 5 heteroatoms. The Morgan fingerprint density at radius 2 is 2.26 bits per heavy atom. The van der Waals surface area contributed by atoms with Crippen molar-refractivity contribution in [2.24, 2.45) is 0 Å². The van der Waals surface area contributed by atoms with Gasteiger partial charge >= 0.3 is 0 Å². The molecule has 0 radical (unpaired) electrons. The molecule has 2 rings (SSSR count).